The Bertz CT molecular complexity index is 750. The number of carbonyl (C=O) groups excluding carboxylic acids is 2. The van der Waals surface area contributed by atoms with E-state index in [1.165, 1.54) is 31.6 Å². The Labute approximate surface area is 129 Å². The molecule has 1 aromatic carbocycles. The highest BCUT2D eigenvalue weighted by atomic mass is 16.6. The van der Waals surface area contributed by atoms with Crippen LogP contribution in [0.3, 0.4) is 0 Å². The summed E-state index contributed by atoms with van der Waals surface area (Å²) >= 11 is 0. The van der Waals surface area contributed by atoms with E-state index in [4.69, 9.17) is 4.74 Å². The fourth-order valence-corrected chi connectivity index (χ4v) is 1.61. The smallest absolute Gasteiger partial charge is 0.316 e. The molecular formula is C13H11N5O5. The molecule has 23 heavy (non-hydrogen) atoms. The van der Waals surface area contributed by atoms with Crippen molar-refractivity contribution in [1.82, 2.24) is 9.97 Å². The molecule has 0 spiro atoms. The van der Waals surface area contributed by atoms with Crippen LogP contribution in [0, 0.1) is 10.1 Å². The second kappa shape index (κ2) is 6.93. The number of nitro groups is 1. The summed E-state index contributed by atoms with van der Waals surface area (Å²) in [5.41, 5.74) is -0.260. The summed E-state index contributed by atoms with van der Waals surface area (Å²) in [4.78, 5) is 41.2. The normalized spacial score (nSPS) is 9.78. The average Bonchev–Trinajstić information content (AvgIpc) is 2.55. The first-order chi connectivity index (χ1) is 11.0. The maximum Gasteiger partial charge on any atom is 0.316 e. The zero-order valence-electron chi connectivity index (χ0n) is 11.8. The number of rotatable bonds is 4. The zero-order chi connectivity index (χ0) is 16.8. The van der Waals surface area contributed by atoms with Crippen molar-refractivity contribution >= 4 is 29.1 Å². The van der Waals surface area contributed by atoms with Crippen LogP contribution >= 0.6 is 0 Å². The molecule has 0 aliphatic carbocycles. The lowest BCUT2D eigenvalue weighted by Crippen LogP contribution is -2.29. The van der Waals surface area contributed by atoms with Crippen molar-refractivity contribution in [3.63, 3.8) is 0 Å². The van der Waals surface area contributed by atoms with Crippen LogP contribution in [0.2, 0.25) is 0 Å². The number of amides is 2. The van der Waals surface area contributed by atoms with Crippen molar-refractivity contribution in [1.29, 1.82) is 0 Å². The molecule has 1 heterocycles. The predicted molar refractivity (Wildman–Crippen MR) is 78.9 cm³/mol. The molecule has 0 aliphatic heterocycles. The Kier molecular flexibility index (Phi) is 4.77. The summed E-state index contributed by atoms with van der Waals surface area (Å²) in [5.74, 6) is -1.94. The number of aromatic nitrogens is 2. The van der Waals surface area contributed by atoms with Crippen LogP contribution in [0.4, 0.5) is 17.3 Å². The van der Waals surface area contributed by atoms with Crippen molar-refractivity contribution in [2.45, 2.75) is 0 Å². The van der Waals surface area contributed by atoms with Crippen LogP contribution in [-0.2, 0) is 9.59 Å². The van der Waals surface area contributed by atoms with E-state index in [1.807, 2.05) is 0 Å². The number of non-ortho nitro benzene ring substituents is 1. The first-order valence-corrected chi connectivity index (χ1v) is 6.23. The van der Waals surface area contributed by atoms with E-state index >= 15 is 0 Å². The minimum atomic E-state index is -1.05. The summed E-state index contributed by atoms with van der Waals surface area (Å²) in [6.07, 6.45) is 2.79. The number of nitrogens with zero attached hydrogens (tertiary/aromatic N) is 3. The van der Waals surface area contributed by atoms with Gasteiger partial charge in [-0.15, -0.1) is 0 Å². The Balaban J connectivity index is 2.14. The van der Waals surface area contributed by atoms with Crippen LogP contribution in [-0.4, -0.2) is 33.8 Å². The van der Waals surface area contributed by atoms with Gasteiger partial charge in [0, 0.05) is 24.5 Å². The van der Waals surface area contributed by atoms with Crippen molar-refractivity contribution in [3.05, 3.63) is 46.8 Å². The maximum atomic E-state index is 11.9. The predicted octanol–water partition coefficient (Wildman–Crippen LogP) is 0.971. The van der Waals surface area contributed by atoms with Gasteiger partial charge >= 0.3 is 11.8 Å². The highest BCUT2D eigenvalue weighted by Gasteiger charge is 2.19. The van der Waals surface area contributed by atoms with Crippen LogP contribution in [0.25, 0.3) is 0 Å². The summed E-state index contributed by atoms with van der Waals surface area (Å²) in [5, 5.41) is 15.2. The quantitative estimate of drug-likeness (QED) is 0.487. The van der Waals surface area contributed by atoms with Gasteiger partial charge in [0.1, 0.15) is 5.75 Å². The van der Waals surface area contributed by atoms with Crippen LogP contribution < -0.4 is 15.4 Å². The summed E-state index contributed by atoms with van der Waals surface area (Å²) in [6.45, 7) is 0. The van der Waals surface area contributed by atoms with E-state index in [1.54, 1.807) is 6.07 Å². The third kappa shape index (κ3) is 3.97. The zero-order valence-corrected chi connectivity index (χ0v) is 11.8. The number of ether oxygens (including phenoxy) is 1. The molecule has 0 fully saturated rings. The monoisotopic (exact) mass is 317 g/mol. The molecule has 10 nitrogen and oxygen atoms in total. The number of carbonyl (C=O) groups is 2. The van der Waals surface area contributed by atoms with Gasteiger partial charge in [0.15, 0.2) is 0 Å². The highest BCUT2D eigenvalue weighted by Crippen LogP contribution is 2.28. The molecule has 0 bridgehead atoms. The molecule has 0 aliphatic rings. The Morgan fingerprint density at radius 2 is 1.83 bits per heavy atom. The molecule has 0 unspecified atom stereocenters. The summed E-state index contributed by atoms with van der Waals surface area (Å²) in [6, 6.07) is 5.16. The number of hydrogen-bond acceptors (Lipinski definition) is 7. The molecule has 10 heteroatoms. The number of hydrogen-bond donors (Lipinski definition) is 2. The van der Waals surface area contributed by atoms with E-state index < -0.39 is 16.7 Å². The number of methoxy groups -OCH3 is 1. The van der Waals surface area contributed by atoms with E-state index in [2.05, 4.69) is 20.6 Å². The topological polar surface area (TPSA) is 136 Å². The Morgan fingerprint density at radius 3 is 2.43 bits per heavy atom. The Hall–Kier alpha value is -3.56. The lowest BCUT2D eigenvalue weighted by molar-refractivity contribution is -0.384. The van der Waals surface area contributed by atoms with Crippen molar-refractivity contribution in [3.8, 4) is 5.75 Å². The van der Waals surface area contributed by atoms with Crippen molar-refractivity contribution in [2.75, 3.05) is 17.7 Å². The maximum absolute atomic E-state index is 11.9. The molecule has 118 valence electrons. The lowest BCUT2D eigenvalue weighted by Gasteiger charge is -2.09. The first kappa shape index (κ1) is 15.8. The SMILES string of the molecule is COc1ccc([N+](=O)[O-])cc1NC(=O)C(=O)Nc1ncccn1. The largest absolute Gasteiger partial charge is 0.495 e. The lowest BCUT2D eigenvalue weighted by atomic mass is 10.2. The minimum absolute atomic E-state index is 0.00386. The third-order valence-electron chi connectivity index (χ3n) is 2.64. The minimum Gasteiger partial charge on any atom is -0.495 e. The second-order valence-corrected chi connectivity index (χ2v) is 4.12. The standard InChI is InChI=1S/C13H11N5O5/c1-23-10-4-3-8(18(21)22)7-9(10)16-11(19)12(20)17-13-14-5-2-6-15-13/h2-7H,1H3,(H,16,19)(H,14,15,17,20). The van der Waals surface area contributed by atoms with Crippen LogP contribution in [0.1, 0.15) is 0 Å². The molecule has 0 radical (unpaired) electrons. The van der Waals surface area contributed by atoms with Gasteiger partial charge < -0.3 is 10.1 Å². The average molecular weight is 317 g/mol. The van der Waals surface area contributed by atoms with Crippen molar-refractivity contribution < 1.29 is 19.2 Å². The molecule has 2 aromatic rings. The molecule has 2 amide bonds. The molecular weight excluding hydrogens is 306 g/mol. The number of anilines is 2. The van der Waals surface area contributed by atoms with Gasteiger partial charge in [-0.25, -0.2) is 9.97 Å². The fourth-order valence-electron chi connectivity index (χ4n) is 1.61. The molecule has 0 saturated carbocycles. The second-order valence-electron chi connectivity index (χ2n) is 4.12. The van der Waals surface area contributed by atoms with Gasteiger partial charge in [-0.2, -0.15) is 0 Å². The highest BCUT2D eigenvalue weighted by molar-refractivity contribution is 6.43. The van der Waals surface area contributed by atoms with Gasteiger partial charge in [0.25, 0.3) is 5.69 Å². The van der Waals surface area contributed by atoms with Crippen LogP contribution in [0.15, 0.2) is 36.7 Å². The Morgan fingerprint density at radius 1 is 1.17 bits per heavy atom. The van der Waals surface area contributed by atoms with Gasteiger partial charge in [-0.05, 0) is 12.1 Å². The van der Waals surface area contributed by atoms with Gasteiger partial charge in [-0.1, -0.05) is 0 Å². The van der Waals surface area contributed by atoms with E-state index in [0.29, 0.717) is 0 Å². The molecule has 2 N–H and O–H groups in total. The van der Waals surface area contributed by atoms with Gasteiger partial charge in [-0.3, -0.25) is 25.0 Å². The van der Waals surface area contributed by atoms with Crippen molar-refractivity contribution in [2.24, 2.45) is 0 Å². The molecule has 0 atom stereocenters. The first-order valence-electron chi connectivity index (χ1n) is 6.23. The number of nitrogens with one attached hydrogen (secondary N) is 2. The van der Waals surface area contributed by atoms with Crippen LogP contribution in [0.5, 0.6) is 5.75 Å². The summed E-state index contributed by atoms with van der Waals surface area (Å²) in [7, 11) is 1.33. The van der Waals surface area contributed by atoms with E-state index in [-0.39, 0.29) is 23.1 Å². The van der Waals surface area contributed by atoms with E-state index in [9.17, 15) is 19.7 Å². The third-order valence-corrected chi connectivity index (χ3v) is 2.64. The number of benzene rings is 1. The summed E-state index contributed by atoms with van der Waals surface area (Å²) < 4.78 is 4.99. The van der Waals surface area contributed by atoms with E-state index in [0.717, 1.165) is 6.07 Å². The van der Waals surface area contributed by atoms with Gasteiger partial charge in [0.2, 0.25) is 5.95 Å². The molecule has 0 saturated heterocycles. The molecule has 2 rings (SSSR count). The molecule has 1 aromatic heterocycles. The fraction of sp³-hybridized carbons (Fsp3) is 0.0769. The number of nitro benzene ring substituents is 1. The van der Waals surface area contributed by atoms with Gasteiger partial charge in [0.05, 0.1) is 17.7 Å².